The third kappa shape index (κ3) is 3.85. The van der Waals surface area contributed by atoms with Crippen LogP contribution in [0, 0.1) is 0 Å². The van der Waals surface area contributed by atoms with Crippen LogP contribution >= 0.6 is 0 Å². The van der Waals surface area contributed by atoms with E-state index >= 15 is 0 Å². The van der Waals surface area contributed by atoms with Crippen LogP contribution in [0.4, 0.5) is 11.4 Å². The lowest BCUT2D eigenvalue weighted by molar-refractivity contribution is -0.132. The predicted octanol–water partition coefficient (Wildman–Crippen LogP) is 1.46. The minimum absolute atomic E-state index is 0.0956. The number of nitrogens with two attached hydrogens (primary N) is 1. The van der Waals surface area contributed by atoms with Crippen molar-refractivity contribution in [1.82, 2.24) is 4.98 Å². The second-order valence-corrected chi connectivity index (χ2v) is 6.92. The number of nitrogens with one attached hydrogen (secondary N) is 2. The number of hydrogen-bond acceptors (Lipinski definition) is 5. The number of primary sulfonamides is 1. The van der Waals surface area contributed by atoms with Crippen molar-refractivity contribution in [2.75, 3.05) is 10.6 Å². The second kappa shape index (κ2) is 6.90. The summed E-state index contributed by atoms with van der Waals surface area (Å²) in [6, 6.07) is 14.0. The monoisotopic (exact) mass is 370 g/mol. The number of sulfonamides is 1. The molecule has 0 fully saturated rings. The molecule has 0 aliphatic heterocycles. The van der Waals surface area contributed by atoms with Gasteiger partial charge in [0.2, 0.25) is 10.0 Å². The minimum Gasteiger partial charge on any atom is -0.318 e. The molecule has 0 radical (unpaired) electrons. The van der Waals surface area contributed by atoms with Crippen molar-refractivity contribution < 1.29 is 18.0 Å². The second-order valence-electron chi connectivity index (χ2n) is 5.36. The summed E-state index contributed by atoms with van der Waals surface area (Å²) in [5, 5.41) is 10.7. The molecule has 3 aromatic rings. The van der Waals surface area contributed by atoms with E-state index in [9.17, 15) is 18.0 Å². The highest BCUT2D eigenvalue weighted by Crippen LogP contribution is 2.20. The van der Waals surface area contributed by atoms with Crippen LogP contribution in [0.1, 0.15) is 0 Å². The summed E-state index contributed by atoms with van der Waals surface area (Å²) in [7, 11) is -3.82. The van der Waals surface area contributed by atoms with Gasteiger partial charge in [-0.15, -0.1) is 0 Å². The van der Waals surface area contributed by atoms with Gasteiger partial charge in [-0.1, -0.05) is 18.2 Å². The molecule has 0 unspecified atom stereocenters. The lowest BCUT2D eigenvalue weighted by atomic mass is 10.2. The van der Waals surface area contributed by atoms with Crippen LogP contribution in [0.5, 0.6) is 0 Å². The number of nitrogens with zero attached hydrogens (tertiary/aromatic N) is 1. The Morgan fingerprint density at radius 3 is 2.23 bits per heavy atom. The number of benzene rings is 2. The number of anilines is 2. The number of carbonyl (C=O) groups excluding carboxylic acids is 2. The van der Waals surface area contributed by atoms with Gasteiger partial charge >= 0.3 is 11.8 Å². The van der Waals surface area contributed by atoms with Crippen molar-refractivity contribution in [2.45, 2.75) is 4.90 Å². The van der Waals surface area contributed by atoms with Gasteiger partial charge in [0.05, 0.1) is 16.1 Å². The van der Waals surface area contributed by atoms with Crippen LogP contribution in [0.2, 0.25) is 0 Å². The minimum atomic E-state index is -3.82. The Balaban J connectivity index is 1.73. The van der Waals surface area contributed by atoms with Crippen LogP contribution in [0.25, 0.3) is 10.9 Å². The molecule has 9 heteroatoms. The number of fused-ring (bicyclic) bond motifs is 1. The van der Waals surface area contributed by atoms with Crippen molar-refractivity contribution in [3.05, 3.63) is 60.8 Å². The topological polar surface area (TPSA) is 131 Å². The smallest absolute Gasteiger partial charge is 0.314 e. The van der Waals surface area contributed by atoms with E-state index in [1.807, 2.05) is 12.1 Å². The van der Waals surface area contributed by atoms with E-state index in [-0.39, 0.29) is 10.6 Å². The molecule has 0 saturated carbocycles. The number of carbonyl (C=O) groups is 2. The number of amides is 2. The van der Waals surface area contributed by atoms with Gasteiger partial charge in [-0.25, -0.2) is 13.6 Å². The Hall–Kier alpha value is -3.30. The fraction of sp³-hybridized carbons (Fsp3) is 0. The number of aromatic nitrogens is 1. The maximum absolute atomic E-state index is 12.1. The number of pyridine rings is 1. The molecule has 0 saturated heterocycles. The first-order valence-corrected chi connectivity index (χ1v) is 8.98. The van der Waals surface area contributed by atoms with Gasteiger partial charge in [0.15, 0.2) is 0 Å². The summed E-state index contributed by atoms with van der Waals surface area (Å²) in [6.07, 6.45) is 1.59. The maximum Gasteiger partial charge on any atom is 0.314 e. The maximum atomic E-state index is 12.1. The fourth-order valence-corrected chi connectivity index (χ4v) is 2.82. The summed E-state index contributed by atoms with van der Waals surface area (Å²) < 4.78 is 22.4. The summed E-state index contributed by atoms with van der Waals surface area (Å²) in [5.41, 5.74) is 1.23. The van der Waals surface area contributed by atoms with E-state index in [0.29, 0.717) is 11.2 Å². The lowest BCUT2D eigenvalue weighted by Gasteiger charge is -2.09. The molecule has 4 N–H and O–H groups in total. The molecule has 2 aromatic carbocycles. The molecule has 3 rings (SSSR count). The van der Waals surface area contributed by atoms with Gasteiger partial charge in [0.25, 0.3) is 0 Å². The van der Waals surface area contributed by atoms with Gasteiger partial charge in [-0.05, 0) is 36.4 Å². The molecule has 0 atom stereocenters. The van der Waals surface area contributed by atoms with E-state index in [2.05, 4.69) is 15.6 Å². The van der Waals surface area contributed by atoms with E-state index in [4.69, 9.17) is 5.14 Å². The Kier molecular flexibility index (Phi) is 4.65. The lowest BCUT2D eigenvalue weighted by Crippen LogP contribution is -2.29. The first kappa shape index (κ1) is 17.5. The van der Waals surface area contributed by atoms with E-state index in [1.54, 1.807) is 24.4 Å². The fourth-order valence-electron chi connectivity index (χ4n) is 2.30. The molecule has 8 nitrogen and oxygen atoms in total. The molecular weight excluding hydrogens is 356 g/mol. The SMILES string of the molecule is NS(=O)(=O)c1ccc(NC(=O)C(=O)Nc2cccc3cccnc23)cc1. The van der Waals surface area contributed by atoms with Crippen molar-refractivity contribution in [3.8, 4) is 0 Å². The van der Waals surface area contributed by atoms with E-state index in [1.165, 1.54) is 24.3 Å². The average Bonchev–Trinajstić information content (AvgIpc) is 2.61. The highest BCUT2D eigenvalue weighted by atomic mass is 32.2. The first-order valence-electron chi connectivity index (χ1n) is 7.43. The summed E-state index contributed by atoms with van der Waals surface area (Å²) in [6.45, 7) is 0. The van der Waals surface area contributed by atoms with Crippen molar-refractivity contribution in [2.24, 2.45) is 5.14 Å². The molecule has 1 aromatic heterocycles. The molecule has 0 aliphatic carbocycles. The Morgan fingerprint density at radius 1 is 0.885 bits per heavy atom. The molecule has 132 valence electrons. The molecule has 2 amide bonds. The molecule has 0 spiro atoms. The first-order chi connectivity index (χ1) is 12.3. The standard InChI is InChI=1S/C17H14N4O4S/c18-26(24,25)13-8-6-12(7-9-13)20-16(22)17(23)21-14-5-1-3-11-4-2-10-19-15(11)14/h1-10H,(H,20,22)(H,21,23)(H2,18,24,25). The van der Waals surface area contributed by atoms with Gasteiger partial charge in [0, 0.05) is 17.3 Å². The number of para-hydroxylation sites is 1. The van der Waals surface area contributed by atoms with Gasteiger partial charge in [-0.3, -0.25) is 14.6 Å². The largest absolute Gasteiger partial charge is 0.318 e. The summed E-state index contributed by atoms with van der Waals surface area (Å²) in [4.78, 5) is 28.3. The highest BCUT2D eigenvalue weighted by Gasteiger charge is 2.16. The third-order valence-corrected chi connectivity index (χ3v) is 4.46. The van der Waals surface area contributed by atoms with Crippen LogP contribution in [-0.4, -0.2) is 25.2 Å². The molecule has 0 aliphatic rings. The van der Waals surface area contributed by atoms with Crippen molar-refractivity contribution in [1.29, 1.82) is 0 Å². The highest BCUT2D eigenvalue weighted by molar-refractivity contribution is 7.89. The van der Waals surface area contributed by atoms with Crippen LogP contribution < -0.4 is 15.8 Å². The summed E-state index contributed by atoms with van der Waals surface area (Å²) >= 11 is 0. The molecule has 0 bridgehead atoms. The van der Waals surface area contributed by atoms with Crippen molar-refractivity contribution >= 4 is 44.1 Å². The average molecular weight is 370 g/mol. The predicted molar refractivity (Wildman–Crippen MR) is 96.8 cm³/mol. The molecule has 26 heavy (non-hydrogen) atoms. The van der Waals surface area contributed by atoms with E-state index in [0.717, 1.165) is 5.39 Å². The quantitative estimate of drug-likeness (QED) is 0.601. The number of hydrogen-bond donors (Lipinski definition) is 3. The van der Waals surface area contributed by atoms with Crippen LogP contribution in [0.15, 0.2) is 65.7 Å². The third-order valence-electron chi connectivity index (χ3n) is 3.53. The van der Waals surface area contributed by atoms with Crippen LogP contribution in [0.3, 0.4) is 0 Å². The normalized spacial score (nSPS) is 11.1. The summed E-state index contributed by atoms with van der Waals surface area (Å²) in [5.74, 6) is -1.78. The zero-order valence-electron chi connectivity index (χ0n) is 13.3. The molecular formula is C17H14N4O4S. The zero-order chi connectivity index (χ0) is 18.7. The number of rotatable bonds is 3. The van der Waals surface area contributed by atoms with Gasteiger partial charge < -0.3 is 10.6 Å². The Morgan fingerprint density at radius 2 is 1.54 bits per heavy atom. The Labute approximate surface area is 149 Å². The van der Waals surface area contributed by atoms with Gasteiger partial charge in [-0.2, -0.15) is 0 Å². The van der Waals surface area contributed by atoms with Gasteiger partial charge in [0.1, 0.15) is 0 Å². The van der Waals surface area contributed by atoms with Crippen molar-refractivity contribution in [3.63, 3.8) is 0 Å². The Bertz CT molecular complexity index is 1090. The molecule has 1 heterocycles. The van der Waals surface area contributed by atoms with E-state index < -0.39 is 21.8 Å². The zero-order valence-corrected chi connectivity index (χ0v) is 14.2. The van der Waals surface area contributed by atoms with Crippen LogP contribution in [-0.2, 0) is 19.6 Å².